The van der Waals surface area contributed by atoms with E-state index in [4.69, 9.17) is 4.74 Å². The van der Waals surface area contributed by atoms with Crippen LogP contribution in [0.15, 0.2) is 84.7 Å². The molecule has 0 bridgehead atoms. The molecule has 0 spiro atoms. The lowest BCUT2D eigenvalue weighted by atomic mass is 9.90. The third-order valence-electron chi connectivity index (χ3n) is 5.27. The van der Waals surface area contributed by atoms with Gasteiger partial charge in [0.2, 0.25) is 5.95 Å². The number of hydrogen-bond donors (Lipinski definition) is 1. The fraction of sp³-hybridized carbons (Fsp3) is 0.125. The van der Waals surface area contributed by atoms with Crippen LogP contribution in [0.4, 0.5) is 5.95 Å². The summed E-state index contributed by atoms with van der Waals surface area (Å²) in [5, 5.41) is 9.90. The number of nitrogens with zero attached hydrogens (tertiary/aromatic N) is 3. The van der Waals surface area contributed by atoms with Crippen molar-refractivity contribution < 1.29 is 9.53 Å². The molecule has 4 aromatic rings. The highest BCUT2D eigenvalue weighted by Crippen LogP contribution is 2.40. The van der Waals surface area contributed by atoms with E-state index in [1.54, 1.807) is 4.68 Å². The molecule has 0 fully saturated rings. The molecule has 5 rings (SSSR count). The monoisotopic (exact) mass is 396 g/mol. The van der Waals surface area contributed by atoms with Gasteiger partial charge in [0.05, 0.1) is 17.9 Å². The number of carbonyl (C=O) groups excluding carboxylic acids is 1. The summed E-state index contributed by atoms with van der Waals surface area (Å²) in [6.07, 6.45) is 1.50. The third kappa shape index (κ3) is 2.93. The van der Waals surface area contributed by atoms with Crippen LogP contribution in [0.25, 0.3) is 16.5 Å². The molecule has 1 aliphatic rings. The minimum Gasteiger partial charge on any atom is -0.463 e. The highest BCUT2D eigenvalue weighted by atomic mass is 16.5. The molecule has 148 valence electrons. The van der Waals surface area contributed by atoms with E-state index in [2.05, 4.69) is 33.6 Å². The van der Waals surface area contributed by atoms with Crippen molar-refractivity contribution in [2.75, 3.05) is 11.9 Å². The average Bonchev–Trinajstić information content (AvgIpc) is 3.27. The maximum absolute atomic E-state index is 13.3. The highest BCUT2D eigenvalue weighted by Gasteiger charge is 2.36. The fourth-order valence-electron chi connectivity index (χ4n) is 4.00. The van der Waals surface area contributed by atoms with Crippen molar-refractivity contribution in [1.29, 1.82) is 0 Å². The van der Waals surface area contributed by atoms with Crippen molar-refractivity contribution in [3.8, 4) is 0 Å². The third-order valence-corrected chi connectivity index (χ3v) is 5.27. The minimum atomic E-state index is -0.468. The van der Waals surface area contributed by atoms with Gasteiger partial charge in [0.15, 0.2) is 0 Å². The van der Waals surface area contributed by atoms with Crippen molar-refractivity contribution in [2.24, 2.45) is 0 Å². The first-order valence-electron chi connectivity index (χ1n) is 9.89. The zero-order valence-electron chi connectivity index (χ0n) is 16.4. The molecule has 30 heavy (non-hydrogen) atoms. The van der Waals surface area contributed by atoms with Gasteiger partial charge in [-0.1, -0.05) is 72.8 Å². The van der Waals surface area contributed by atoms with Crippen LogP contribution in [0.2, 0.25) is 0 Å². The number of hydrogen-bond acceptors (Lipinski definition) is 5. The Morgan fingerprint density at radius 1 is 1.03 bits per heavy atom. The van der Waals surface area contributed by atoms with Crippen molar-refractivity contribution in [3.05, 3.63) is 95.8 Å². The average molecular weight is 396 g/mol. The molecule has 6 heteroatoms. The first-order valence-corrected chi connectivity index (χ1v) is 9.89. The van der Waals surface area contributed by atoms with E-state index in [-0.39, 0.29) is 12.6 Å². The van der Waals surface area contributed by atoms with E-state index in [0.29, 0.717) is 17.2 Å². The molecule has 1 N–H and O–H groups in total. The quantitative estimate of drug-likeness (QED) is 0.517. The normalized spacial score (nSPS) is 15.6. The van der Waals surface area contributed by atoms with Gasteiger partial charge in [-0.05, 0) is 28.8 Å². The molecular weight excluding hydrogens is 376 g/mol. The Morgan fingerprint density at radius 2 is 1.80 bits per heavy atom. The molecule has 1 aliphatic heterocycles. The number of ether oxygens (including phenoxy) is 1. The number of esters is 1. The van der Waals surface area contributed by atoms with Crippen molar-refractivity contribution in [2.45, 2.75) is 13.0 Å². The summed E-state index contributed by atoms with van der Waals surface area (Å²) < 4.78 is 7.24. The van der Waals surface area contributed by atoms with Crippen LogP contribution < -0.4 is 5.32 Å². The fourth-order valence-corrected chi connectivity index (χ4v) is 4.00. The number of carbonyl (C=O) groups is 1. The first-order chi connectivity index (χ1) is 14.8. The largest absolute Gasteiger partial charge is 0.463 e. The van der Waals surface area contributed by atoms with Gasteiger partial charge in [0.25, 0.3) is 0 Å². The topological polar surface area (TPSA) is 69.0 Å². The Kier molecular flexibility index (Phi) is 4.52. The number of rotatable bonds is 4. The summed E-state index contributed by atoms with van der Waals surface area (Å²) in [5.41, 5.74) is 3.06. The van der Waals surface area contributed by atoms with Gasteiger partial charge in [0.1, 0.15) is 12.4 Å². The van der Waals surface area contributed by atoms with E-state index < -0.39 is 6.04 Å². The summed E-state index contributed by atoms with van der Waals surface area (Å²) in [4.78, 5) is 17.6. The first kappa shape index (κ1) is 18.1. The zero-order valence-corrected chi connectivity index (χ0v) is 16.4. The van der Waals surface area contributed by atoms with Gasteiger partial charge in [-0.25, -0.2) is 9.48 Å². The zero-order chi connectivity index (χ0) is 20.5. The summed E-state index contributed by atoms with van der Waals surface area (Å²) in [7, 11) is 0. The van der Waals surface area contributed by atoms with Gasteiger partial charge in [0, 0.05) is 0 Å². The second-order valence-electron chi connectivity index (χ2n) is 7.00. The van der Waals surface area contributed by atoms with E-state index >= 15 is 0 Å². The second-order valence-corrected chi connectivity index (χ2v) is 7.00. The number of aromatic nitrogens is 3. The Hall–Kier alpha value is -3.93. The Labute approximate surface area is 173 Å². The maximum Gasteiger partial charge on any atom is 0.338 e. The van der Waals surface area contributed by atoms with Gasteiger partial charge in [-0.15, -0.1) is 0 Å². The van der Waals surface area contributed by atoms with Crippen LogP contribution in [0.5, 0.6) is 0 Å². The molecule has 2 heterocycles. The highest BCUT2D eigenvalue weighted by molar-refractivity contribution is 6.03. The SMILES string of the molecule is CCOC(=O)C1=C(c2ccccc2)Nc2ncnn2[C@@H]1c1cccc2ccccc12. The van der Waals surface area contributed by atoms with Crippen molar-refractivity contribution >= 4 is 28.4 Å². The van der Waals surface area contributed by atoms with E-state index in [1.165, 1.54) is 6.33 Å². The number of benzene rings is 3. The molecule has 1 aromatic heterocycles. The Bertz CT molecular complexity index is 1260. The number of nitrogens with one attached hydrogen (secondary N) is 1. The molecular formula is C24H20N4O2. The minimum absolute atomic E-state index is 0.289. The van der Waals surface area contributed by atoms with E-state index in [9.17, 15) is 4.79 Å². The van der Waals surface area contributed by atoms with E-state index in [1.807, 2.05) is 61.5 Å². The predicted molar refractivity (Wildman–Crippen MR) is 116 cm³/mol. The van der Waals surface area contributed by atoms with Gasteiger partial charge in [-0.2, -0.15) is 10.1 Å². The molecule has 0 saturated carbocycles. The number of fused-ring (bicyclic) bond motifs is 2. The van der Waals surface area contributed by atoms with Crippen LogP contribution in [0.3, 0.4) is 0 Å². The summed E-state index contributed by atoms with van der Waals surface area (Å²) in [5.74, 6) is 0.211. The molecule has 0 saturated heterocycles. The van der Waals surface area contributed by atoms with Crippen LogP contribution in [-0.2, 0) is 9.53 Å². The Morgan fingerprint density at radius 3 is 2.63 bits per heavy atom. The molecule has 0 amide bonds. The molecule has 0 unspecified atom stereocenters. The van der Waals surface area contributed by atoms with Crippen LogP contribution >= 0.6 is 0 Å². The lowest BCUT2D eigenvalue weighted by molar-refractivity contribution is -0.138. The number of anilines is 1. The van der Waals surface area contributed by atoms with Gasteiger partial charge in [-0.3, -0.25) is 0 Å². The van der Waals surface area contributed by atoms with Crippen molar-refractivity contribution in [1.82, 2.24) is 14.8 Å². The van der Waals surface area contributed by atoms with Gasteiger partial charge >= 0.3 is 5.97 Å². The van der Waals surface area contributed by atoms with Crippen molar-refractivity contribution in [3.63, 3.8) is 0 Å². The molecule has 0 radical (unpaired) electrons. The van der Waals surface area contributed by atoms with E-state index in [0.717, 1.165) is 21.9 Å². The molecule has 0 aliphatic carbocycles. The molecule has 1 atom stereocenters. The van der Waals surface area contributed by atoms with Crippen LogP contribution in [0.1, 0.15) is 24.1 Å². The van der Waals surface area contributed by atoms with Crippen LogP contribution in [-0.4, -0.2) is 27.3 Å². The van der Waals surface area contributed by atoms with Crippen LogP contribution in [0, 0.1) is 0 Å². The lowest BCUT2D eigenvalue weighted by Crippen LogP contribution is -2.30. The molecule has 6 nitrogen and oxygen atoms in total. The summed E-state index contributed by atoms with van der Waals surface area (Å²) in [6, 6.07) is 23.5. The lowest BCUT2D eigenvalue weighted by Gasteiger charge is -2.30. The molecule has 3 aromatic carbocycles. The Balaban J connectivity index is 1.82. The smallest absolute Gasteiger partial charge is 0.338 e. The maximum atomic E-state index is 13.3. The standard InChI is InChI=1S/C24H20N4O2/c1-2-30-23(29)20-21(17-10-4-3-5-11-17)27-24-25-15-26-28(24)22(20)19-14-8-12-16-9-6-7-13-18(16)19/h3-15,22H,2H2,1H3,(H,25,26,27)/t22-/m1/s1. The predicted octanol–water partition coefficient (Wildman–Crippen LogP) is 4.42. The van der Waals surface area contributed by atoms with Gasteiger partial charge < -0.3 is 10.1 Å². The summed E-state index contributed by atoms with van der Waals surface area (Å²) in [6.45, 7) is 2.10. The summed E-state index contributed by atoms with van der Waals surface area (Å²) >= 11 is 0. The second kappa shape index (κ2) is 7.48.